The molecule has 8 heteroatoms. The minimum Gasteiger partial charge on any atom is -0.350 e. The highest BCUT2D eigenvalue weighted by Gasteiger charge is 2.33. The fourth-order valence-corrected chi connectivity index (χ4v) is 2.01. The van der Waals surface area contributed by atoms with Crippen LogP contribution in [0.3, 0.4) is 0 Å². The fourth-order valence-electron chi connectivity index (χ4n) is 1.65. The molecule has 1 N–H and O–H groups in total. The number of rotatable bonds is 3. The second kappa shape index (κ2) is 5.88. The summed E-state index contributed by atoms with van der Waals surface area (Å²) >= 11 is 2.10. The summed E-state index contributed by atoms with van der Waals surface area (Å²) in [5.74, 6) is 0. The van der Waals surface area contributed by atoms with Gasteiger partial charge in [0.15, 0.2) is 0 Å². The van der Waals surface area contributed by atoms with E-state index in [0.29, 0.717) is 11.8 Å². The third-order valence-electron chi connectivity index (χ3n) is 2.64. The predicted octanol–water partition coefficient (Wildman–Crippen LogP) is 4.96. The first-order valence-corrected chi connectivity index (χ1v) is 6.73. The molecule has 0 aliphatic carbocycles. The van der Waals surface area contributed by atoms with Gasteiger partial charge in [-0.1, -0.05) is 0 Å². The van der Waals surface area contributed by atoms with Crippen molar-refractivity contribution in [3.05, 3.63) is 61.7 Å². The van der Waals surface area contributed by atoms with E-state index in [1.54, 1.807) is 24.3 Å². The van der Waals surface area contributed by atoms with Gasteiger partial charge >= 0.3 is 6.18 Å². The second-order valence-corrected chi connectivity index (χ2v) is 5.36. The standard InChI is InChI=1S/C13H8F3IN2O2/c14-13(15,16)8-1-6-11(12(7-8)19(20)21)18-10-4-2-9(17)3-5-10/h1-7,18H. The number of halogens is 4. The highest BCUT2D eigenvalue weighted by atomic mass is 127. The van der Waals surface area contributed by atoms with E-state index in [4.69, 9.17) is 0 Å². The summed E-state index contributed by atoms with van der Waals surface area (Å²) in [4.78, 5) is 10.1. The summed E-state index contributed by atoms with van der Waals surface area (Å²) in [6.07, 6.45) is -4.62. The lowest BCUT2D eigenvalue weighted by molar-refractivity contribution is -0.384. The van der Waals surface area contributed by atoms with Crippen LogP contribution >= 0.6 is 22.6 Å². The van der Waals surface area contributed by atoms with E-state index >= 15 is 0 Å². The molecule has 110 valence electrons. The first-order chi connectivity index (χ1) is 9.77. The van der Waals surface area contributed by atoms with E-state index in [1.165, 1.54) is 0 Å². The molecule has 4 nitrogen and oxygen atoms in total. The number of hydrogen-bond acceptors (Lipinski definition) is 3. The Morgan fingerprint density at radius 2 is 1.71 bits per heavy atom. The van der Waals surface area contributed by atoms with Crippen molar-refractivity contribution >= 4 is 39.7 Å². The van der Waals surface area contributed by atoms with Crippen molar-refractivity contribution in [2.45, 2.75) is 6.18 Å². The lowest BCUT2D eigenvalue weighted by atomic mass is 10.1. The predicted molar refractivity (Wildman–Crippen MR) is 80.5 cm³/mol. The van der Waals surface area contributed by atoms with E-state index in [2.05, 4.69) is 27.9 Å². The van der Waals surface area contributed by atoms with Gasteiger partial charge in [0.2, 0.25) is 0 Å². The Labute approximate surface area is 131 Å². The van der Waals surface area contributed by atoms with E-state index in [9.17, 15) is 23.3 Å². The van der Waals surface area contributed by atoms with Crippen LogP contribution in [0, 0.1) is 13.7 Å². The Kier molecular flexibility index (Phi) is 4.35. The zero-order valence-electron chi connectivity index (χ0n) is 10.3. The van der Waals surface area contributed by atoms with Gasteiger partial charge in [-0.25, -0.2) is 0 Å². The quantitative estimate of drug-likeness (QED) is 0.444. The Balaban J connectivity index is 2.39. The van der Waals surface area contributed by atoms with Gasteiger partial charge in [-0.05, 0) is 59.0 Å². The smallest absolute Gasteiger partial charge is 0.350 e. The molecule has 0 aromatic heterocycles. The van der Waals surface area contributed by atoms with Crippen LogP contribution < -0.4 is 5.32 Å². The Morgan fingerprint density at radius 1 is 1.10 bits per heavy atom. The van der Waals surface area contributed by atoms with Crippen LogP contribution in [-0.2, 0) is 6.18 Å². The van der Waals surface area contributed by atoms with Gasteiger partial charge < -0.3 is 5.32 Å². The highest BCUT2D eigenvalue weighted by molar-refractivity contribution is 14.1. The number of benzene rings is 2. The monoisotopic (exact) mass is 408 g/mol. The second-order valence-electron chi connectivity index (χ2n) is 4.12. The molecular formula is C13H8F3IN2O2. The SMILES string of the molecule is O=[N+]([O-])c1cc(C(F)(F)F)ccc1Nc1ccc(I)cc1. The molecule has 0 aliphatic rings. The maximum absolute atomic E-state index is 12.6. The van der Waals surface area contributed by atoms with Crippen molar-refractivity contribution in [1.29, 1.82) is 0 Å². The van der Waals surface area contributed by atoms with Crippen LogP contribution in [0.25, 0.3) is 0 Å². The van der Waals surface area contributed by atoms with Gasteiger partial charge in [-0.15, -0.1) is 0 Å². The lowest BCUT2D eigenvalue weighted by Gasteiger charge is -2.10. The van der Waals surface area contributed by atoms with Crippen molar-refractivity contribution in [2.24, 2.45) is 0 Å². The van der Waals surface area contributed by atoms with Gasteiger partial charge in [0.05, 0.1) is 10.5 Å². The van der Waals surface area contributed by atoms with Gasteiger partial charge in [0.25, 0.3) is 5.69 Å². The topological polar surface area (TPSA) is 55.2 Å². The molecule has 0 atom stereocenters. The number of nitrogens with one attached hydrogen (secondary N) is 1. The molecule has 0 spiro atoms. The highest BCUT2D eigenvalue weighted by Crippen LogP contribution is 2.36. The summed E-state index contributed by atoms with van der Waals surface area (Å²) in [7, 11) is 0. The zero-order valence-corrected chi connectivity index (χ0v) is 12.5. The van der Waals surface area contributed by atoms with Crippen LogP contribution in [0.5, 0.6) is 0 Å². The van der Waals surface area contributed by atoms with Crippen LogP contribution in [-0.4, -0.2) is 4.92 Å². The molecule has 0 unspecified atom stereocenters. The Hall–Kier alpha value is -1.84. The number of nitrogens with zero attached hydrogens (tertiary/aromatic N) is 1. The molecular weight excluding hydrogens is 400 g/mol. The minimum atomic E-state index is -4.62. The molecule has 21 heavy (non-hydrogen) atoms. The van der Waals surface area contributed by atoms with Crippen LogP contribution in [0.4, 0.5) is 30.2 Å². The number of hydrogen-bond donors (Lipinski definition) is 1. The molecule has 0 fully saturated rings. The summed E-state index contributed by atoms with van der Waals surface area (Å²) in [6.45, 7) is 0. The molecule has 0 aliphatic heterocycles. The first-order valence-electron chi connectivity index (χ1n) is 5.65. The molecule has 0 amide bonds. The zero-order chi connectivity index (χ0) is 15.6. The number of nitro groups is 1. The van der Waals surface area contributed by atoms with Crippen molar-refractivity contribution in [3.63, 3.8) is 0 Å². The lowest BCUT2D eigenvalue weighted by Crippen LogP contribution is -2.06. The maximum Gasteiger partial charge on any atom is 0.416 e. The molecule has 0 heterocycles. The van der Waals surface area contributed by atoms with Gasteiger partial charge in [-0.2, -0.15) is 13.2 Å². The Bertz CT molecular complexity index is 672. The summed E-state index contributed by atoms with van der Waals surface area (Å²) in [6, 6.07) is 9.31. The minimum absolute atomic E-state index is 0.00853. The van der Waals surface area contributed by atoms with E-state index in [-0.39, 0.29) is 5.69 Å². The van der Waals surface area contributed by atoms with Crippen LogP contribution in [0.15, 0.2) is 42.5 Å². The molecule has 2 aromatic carbocycles. The fraction of sp³-hybridized carbons (Fsp3) is 0.0769. The number of nitro benzene ring substituents is 1. The molecule has 0 radical (unpaired) electrons. The molecule has 0 saturated heterocycles. The summed E-state index contributed by atoms with van der Waals surface area (Å²) in [5.41, 5.74) is -1.11. The molecule has 2 aromatic rings. The van der Waals surface area contributed by atoms with E-state index in [1.807, 2.05) is 0 Å². The average Bonchev–Trinajstić information content (AvgIpc) is 2.40. The maximum atomic E-state index is 12.6. The van der Waals surface area contributed by atoms with Crippen LogP contribution in [0.2, 0.25) is 0 Å². The average molecular weight is 408 g/mol. The van der Waals surface area contributed by atoms with E-state index in [0.717, 1.165) is 15.7 Å². The third kappa shape index (κ3) is 3.84. The van der Waals surface area contributed by atoms with Gasteiger partial charge in [0.1, 0.15) is 5.69 Å². The normalized spacial score (nSPS) is 11.2. The first kappa shape index (κ1) is 15.5. The molecule has 2 rings (SSSR count). The van der Waals surface area contributed by atoms with Crippen molar-refractivity contribution in [3.8, 4) is 0 Å². The van der Waals surface area contributed by atoms with Crippen molar-refractivity contribution in [1.82, 2.24) is 0 Å². The van der Waals surface area contributed by atoms with Crippen molar-refractivity contribution < 1.29 is 18.1 Å². The Morgan fingerprint density at radius 3 is 2.24 bits per heavy atom. The summed E-state index contributed by atoms with van der Waals surface area (Å²) in [5, 5.41) is 13.7. The molecule has 0 bridgehead atoms. The van der Waals surface area contributed by atoms with Crippen molar-refractivity contribution in [2.75, 3.05) is 5.32 Å². The summed E-state index contributed by atoms with van der Waals surface area (Å²) < 4.78 is 38.7. The number of anilines is 2. The number of alkyl halides is 3. The third-order valence-corrected chi connectivity index (χ3v) is 3.36. The largest absolute Gasteiger partial charge is 0.416 e. The van der Waals surface area contributed by atoms with Crippen LogP contribution in [0.1, 0.15) is 5.56 Å². The molecule has 0 saturated carbocycles. The van der Waals surface area contributed by atoms with Gasteiger partial charge in [-0.3, -0.25) is 10.1 Å². The van der Waals surface area contributed by atoms with E-state index < -0.39 is 22.4 Å². The van der Waals surface area contributed by atoms with Gasteiger partial charge in [0, 0.05) is 15.3 Å².